The van der Waals surface area contributed by atoms with Gasteiger partial charge in [-0.3, -0.25) is 0 Å². The zero-order valence-electron chi connectivity index (χ0n) is 10.6. The van der Waals surface area contributed by atoms with E-state index in [1.54, 1.807) is 6.20 Å². The third-order valence-corrected chi connectivity index (χ3v) is 3.14. The lowest BCUT2D eigenvalue weighted by atomic mass is 9.92. The van der Waals surface area contributed by atoms with Crippen molar-refractivity contribution in [2.45, 2.75) is 32.1 Å². The van der Waals surface area contributed by atoms with E-state index in [2.05, 4.69) is 23.0 Å². The number of benzene rings is 1. The molecule has 0 aliphatic carbocycles. The maximum absolute atomic E-state index is 8.82. The van der Waals surface area contributed by atoms with Crippen LogP contribution in [0.2, 0.25) is 0 Å². The molecule has 2 rings (SSSR count). The van der Waals surface area contributed by atoms with Gasteiger partial charge in [-0.25, -0.2) is 4.98 Å². The number of imidazole rings is 1. The summed E-state index contributed by atoms with van der Waals surface area (Å²) in [5.41, 5.74) is 1.92. The van der Waals surface area contributed by atoms with E-state index in [1.165, 1.54) is 18.4 Å². The minimum absolute atomic E-state index is 0.299. The summed E-state index contributed by atoms with van der Waals surface area (Å²) in [6.45, 7) is 2.19. The molecule has 0 radical (unpaired) electrons. The van der Waals surface area contributed by atoms with Crippen LogP contribution in [0.5, 0.6) is 0 Å². The van der Waals surface area contributed by atoms with Crippen molar-refractivity contribution in [3.8, 4) is 6.07 Å². The summed E-state index contributed by atoms with van der Waals surface area (Å²) >= 11 is 0. The highest BCUT2D eigenvalue weighted by Gasteiger charge is 2.15. The molecule has 18 heavy (non-hydrogen) atoms. The molecule has 0 amide bonds. The number of rotatable bonds is 5. The zero-order valence-corrected chi connectivity index (χ0v) is 10.6. The van der Waals surface area contributed by atoms with E-state index < -0.39 is 0 Å². The second-order valence-corrected chi connectivity index (χ2v) is 4.40. The second-order valence-electron chi connectivity index (χ2n) is 4.40. The minimum atomic E-state index is 0.299. The Hall–Kier alpha value is -2.08. The Labute approximate surface area is 107 Å². The van der Waals surface area contributed by atoms with Gasteiger partial charge in [0.05, 0.1) is 11.6 Å². The maximum atomic E-state index is 8.82. The van der Waals surface area contributed by atoms with Crippen LogP contribution in [0.4, 0.5) is 0 Å². The van der Waals surface area contributed by atoms with Crippen molar-refractivity contribution >= 4 is 0 Å². The summed E-state index contributed by atoms with van der Waals surface area (Å²) in [6, 6.07) is 9.95. The lowest BCUT2D eigenvalue weighted by Crippen LogP contribution is -2.03. The number of nitrogens with zero attached hydrogens (tertiary/aromatic N) is 2. The van der Waals surface area contributed by atoms with Crippen molar-refractivity contribution in [1.29, 1.82) is 5.26 Å². The Morgan fingerprint density at radius 1 is 1.33 bits per heavy atom. The molecule has 1 aromatic heterocycles. The van der Waals surface area contributed by atoms with Crippen LogP contribution < -0.4 is 0 Å². The van der Waals surface area contributed by atoms with Crippen LogP contribution in [0, 0.1) is 11.3 Å². The number of aromatic nitrogens is 2. The van der Waals surface area contributed by atoms with Crippen molar-refractivity contribution in [2.24, 2.45) is 0 Å². The molecule has 1 N–H and O–H groups in total. The number of nitriles is 1. The molecule has 1 heterocycles. The lowest BCUT2D eigenvalue weighted by molar-refractivity contribution is 0.627. The van der Waals surface area contributed by atoms with Gasteiger partial charge in [-0.15, -0.1) is 0 Å². The number of aromatic amines is 1. The number of unbranched alkanes of at least 4 members (excludes halogenated alkanes) is 1. The number of hydrogen-bond acceptors (Lipinski definition) is 2. The Balaban J connectivity index is 2.25. The normalized spacial score (nSPS) is 12.0. The van der Waals surface area contributed by atoms with Crippen LogP contribution in [0.15, 0.2) is 36.7 Å². The smallest absolute Gasteiger partial charge is 0.113 e. The van der Waals surface area contributed by atoms with Crippen molar-refractivity contribution in [2.75, 3.05) is 0 Å². The summed E-state index contributed by atoms with van der Waals surface area (Å²) in [5, 5.41) is 8.82. The van der Waals surface area contributed by atoms with E-state index in [-0.39, 0.29) is 0 Å². The van der Waals surface area contributed by atoms with Gasteiger partial charge in [0.2, 0.25) is 0 Å². The number of hydrogen-bond donors (Lipinski definition) is 1. The molecule has 3 nitrogen and oxygen atoms in total. The first-order valence-corrected chi connectivity index (χ1v) is 6.34. The maximum Gasteiger partial charge on any atom is 0.113 e. The minimum Gasteiger partial charge on any atom is -0.348 e. The molecule has 1 unspecified atom stereocenters. The average molecular weight is 239 g/mol. The monoisotopic (exact) mass is 239 g/mol. The molecular formula is C15H17N3. The predicted octanol–water partition coefficient (Wildman–Crippen LogP) is 3.60. The SMILES string of the molecule is CCCCC(c1ccc(C#N)cc1)c1ncc[nH]1. The molecule has 3 heteroatoms. The molecule has 0 aliphatic heterocycles. The quantitative estimate of drug-likeness (QED) is 0.866. The van der Waals surface area contributed by atoms with Gasteiger partial charge in [-0.05, 0) is 24.1 Å². The first kappa shape index (κ1) is 12.4. The predicted molar refractivity (Wildman–Crippen MR) is 71.1 cm³/mol. The Kier molecular flexibility index (Phi) is 4.14. The molecule has 2 aromatic rings. The van der Waals surface area contributed by atoms with E-state index in [4.69, 9.17) is 5.26 Å². The van der Waals surface area contributed by atoms with Gasteiger partial charge in [0.1, 0.15) is 5.82 Å². The van der Waals surface area contributed by atoms with Crippen molar-refractivity contribution in [1.82, 2.24) is 9.97 Å². The van der Waals surface area contributed by atoms with E-state index in [0.717, 1.165) is 12.2 Å². The third-order valence-electron chi connectivity index (χ3n) is 3.14. The first-order valence-electron chi connectivity index (χ1n) is 6.34. The Morgan fingerprint density at radius 3 is 2.67 bits per heavy atom. The van der Waals surface area contributed by atoms with Gasteiger partial charge in [0.15, 0.2) is 0 Å². The summed E-state index contributed by atoms with van der Waals surface area (Å²) in [6.07, 6.45) is 7.07. The molecule has 0 saturated carbocycles. The van der Waals surface area contributed by atoms with Gasteiger partial charge < -0.3 is 4.98 Å². The van der Waals surface area contributed by atoms with Gasteiger partial charge in [0, 0.05) is 18.3 Å². The van der Waals surface area contributed by atoms with Crippen LogP contribution in [0.3, 0.4) is 0 Å². The standard InChI is InChI=1S/C15H17N3/c1-2-3-4-14(15-17-9-10-18-15)13-7-5-12(11-16)6-8-13/h5-10,14H,2-4H2,1H3,(H,17,18). The topological polar surface area (TPSA) is 52.5 Å². The summed E-state index contributed by atoms with van der Waals surface area (Å²) in [4.78, 5) is 7.56. The van der Waals surface area contributed by atoms with Crippen molar-refractivity contribution in [3.05, 3.63) is 53.6 Å². The fourth-order valence-electron chi connectivity index (χ4n) is 2.13. The lowest BCUT2D eigenvalue weighted by Gasteiger charge is -2.14. The van der Waals surface area contributed by atoms with E-state index in [9.17, 15) is 0 Å². The third kappa shape index (κ3) is 2.78. The van der Waals surface area contributed by atoms with Gasteiger partial charge in [-0.1, -0.05) is 31.9 Å². The second kappa shape index (κ2) is 6.02. The van der Waals surface area contributed by atoms with Gasteiger partial charge in [0.25, 0.3) is 0 Å². The zero-order chi connectivity index (χ0) is 12.8. The average Bonchev–Trinajstić information content (AvgIpc) is 2.94. The van der Waals surface area contributed by atoms with E-state index in [1.807, 2.05) is 30.5 Å². The Morgan fingerprint density at radius 2 is 2.11 bits per heavy atom. The molecule has 0 fully saturated rings. The van der Waals surface area contributed by atoms with Crippen LogP contribution in [-0.4, -0.2) is 9.97 Å². The first-order chi connectivity index (χ1) is 8.85. The van der Waals surface area contributed by atoms with Crippen LogP contribution >= 0.6 is 0 Å². The summed E-state index contributed by atoms with van der Waals surface area (Å²) in [5.74, 6) is 1.31. The molecule has 1 aromatic carbocycles. The Bertz CT molecular complexity index is 506. The molecule has 0 saturated heterocycles. The molecule has 92 valence electrons. The molecule has 0 bridgehead atoms. The van der Waals surface area contributed by atoms with Gasteiger partial charge >= 0.3 is 0 Å². The van der Waals surface area contributed by atoms with Crippen LogP contribution in [0.25, 0.3) is 0 Å². The van der Waals surface area contributed by atoms with E-state index >= 15 is 0 Å². The van der Waals surface area contributed by atoms with Crippen molar-refractivity contribution < 1.29 is 0 Å². The van der Waals surface area contributed by atoms with Crippen LogP contribution in [0.1, 0.15) is 49.1 Å². The summed E-state index contributed by atoms with van der Waals surface area (Å²) < 4.78 is 0. The molecule has 0 aliphatic rings. The van der Waals surface area contributed by atoms with Crippen molar-refractivity contribution in [3.63, 3.8) is 0 Å². The van der Waals surface area contributed by atoms with E-state index in [0.29, 0.717) is 11.5 Å². The largest absolute Gasteiger partial charge is 0.348 e. The fraction of sp³-hybridized carbons (Fsp3) is 0.333. The van der Waals surface area contributed by atoms with Crippen LogP contribution in [-0.2, 0) is 0 Å². The number of H-pyrrole nitrogens is 1. The highest BCUT2D eigenvalue weighted by Crippen LogP contribution is 2.27. The fourth-order valence-corrected chi connectivity index (χ4v) is 2.13. The summed E-state index contributed by atoms with van der Waals surface area (Å²) in [7, 11) is 0. The number of nitrogens with one attached hydrogen (secondary N) is 1. The molecular weight excluding hydrogens is 222 g/mol. The highest BCUT2D eigenvalue weighted by molar-refractivity contribution is 5.35. The molecule has 0 spiro atoms. The van der Waals surface area contributed by atoms with Gasteiger partial charge in [-0.2, -0.15) is 5.26 Å². The highest BCUT2D eigenvalue weighted by atomic mass is 14.9. The molecule has 1 atom stereocenters.